The zero-order valence-corrected chi connectivity index (χ0v) is 23.2. The van der Waals surface area contributed by atoms with E-state index in [0.717, 1.165) is 28.2 Å². The first-order valence-electron chi connectivity index (χ1n) is 13.0. The Morgan fingerprint density at radius 2 is 1.49 bits per heavy atom. The number of carbonyl (C=O) groups excluding carboxylic acids is 3. The summed E-state index contributed by atoms with van der Waals surface area (Å²) in [6.45, 7) is 3.48. The molecule has 206 valence electrons. The molecule has 2 aromatic heterocycles. The fourth-order valence-corrected chi connectivity index (χ4v) is 4.78. The predicted octanol–water partition coefficient (Wildman–Crippen LogP) is 5.71. The molecule has 1 N–H and O–H groups in total. The standard InChI is InChI=1S/C31H26N4O5S/c1-3-39-26(36)17-23-18-41-31(32-23)35-29(37)19(2)40-30(38)22-14-15-24-25(16-22)34-28(21-12-8-5-9-13-21)27(33-24)20-10-6-4-7-11-20/h4-16,18-19H,3,17H2,1-2H3,(H,32,35,37). The van der Waals surface area contributed by atoms with Crippen LogP contribution in [0.4, 0.5) is 5.13 Å². The average molecular weight is 567 g/mol. The summed E-state index contributed by atoms with van der Waals surface area (Å²) in [6, 6.07) is 24.4. The third-order valence-electron chi connectivity index (χ3n) is 6.06. The Hall–Kier alpha value is -4.96. The lowest BCUT2D eigenvalue weighted by molar-refractivity contribution is -0.142. The van der Waals surface area contributed by atoms with Gasteiger partial charge in [0.25, 0.3) is 5.91 Å². The summed E-state index contributed by atoms with van der Waals surface area (Å²) in [5.74, 6) is -1.62. The van der Waals surface area contributed by atoms with Gasteiger partial charge in [-0.3, -0.25) is 14.9 Å². The van der Waals surface area contributed by atoms with Crippen molar-refractivity contribution >= 4 is 45.3 Å². The van der Waals surface area contributed by atoms with E-state index in [9.17, 15) is 14.4 Å². The van der Waals surface area contributed by atoms with Crippen molar-refractivity contribution < 1.29 is 23.9 Å². The molecular weight excluding hydrogens is 540 g/mol. The number of aromatic nitrogens is 3. The van der Waals surface area contributed by atoms with E-state index in [4.69, 9.17) is 19.4 Å². The molecule has 1 amide bonds. The largest absolute Gasteiger partial charge is 0.466 e. The minimum atomic E-state index is -1.10. The Labute approximate surface area is 240 Å². The van der Waals surface area contributed by atoms with Gasteiger partial charge in [0.15, 0.2) is 11.2 Å². The number of hydrogen-bond acceptors (Lipinski definition) is 9. The predicted molar refractivity (Wildman–Crippen MR) is 156 cm³/mol. The van der Waals surface area contributed by atoms with E-state index < -0.39 is 23.9 Å². The van der Waals surface area contributed by atoms with Crippen LogP contribution in [-0.2, 0) is 25.5 Å². The lowest BCUT2D eigenvalue weighted by Gasteiger charge is -2.13. The summed E-state index contributed by atoms with van der Waals surface area (Å²) < 4.78 is 10.3. The molecule has 0 bridgehead atoms. The molecule has 0 fully saturated rings. The van der Waals surface area contributed by atoms with Gasteiger partial charge in [-0.15, -0.1) is 11.3 Å². The molecule has 0 aliphatic carbocycles. The molecule has 9 nitrogen and oxygen atoms in total. The van der Waals surface area contributed by atoms with Crippen LogP contribution in [0.25, 0.3) is 33.5 Å². The van der Waals surface area contributed by atoms with Crippen LogP contribution in [0.2, 0.25) is 0 Å². The molecule has 10 heteroatoms. The van der Waals surface area contributed by atoms with Crippen molar-refractivity contribution in [3.63, 3.8) is 0 Å². The van der Waals surface area contributed by atoms with E-state index >= 15 is 0 Å². The second-order valence-corrected chi connectivity index (χ2v) is 9.88. The Balaban J connectivity index is 1.33. The average Bonchev–Trinajstić information content (AvgIpc) is 3.43. The first-order valence-corrected chi connectivity index (χ1v) is 13.8. The van der Waals surface area contributed by atoms with Crippen molar-refractivity contribution in [1.82, 2.24) is 15.0 Å². The third kappa shape index (κ3) is 6.62. The molecule has 0 aliphatic heterocycles. The highest BCUT2D eigenvalue weighted by molar-refractivity contribution is 7.13. The van der Waals surface area contributed by atoms with Gasteiger partial charge in [-0.1, -0.05) is 60.7 Å². The van der Waals surface area contributed by atoms with Crippen molar-refractivity contribution in [3.05, 3.63) is 95.5 Å². The number of thiazole rings is 1. The van der Waals surface area contributed by atoms with Crippen molar-refractivity contribution in [2.24, 2.45) is 0 Å². The number of fused-ring (bicyclic) bond motifs is 1. The van der Waals surface area contributed by atoms with Crippen LogP contribution >= 0.6 is 11.3 Å². The monoisotopic (exact) mass is 566 g/mol. The molecule has 41 heavy (non-hydrogen) atoms. The molecule has 0 saturated heterocycles. The zero-order chi connectivity index (χ0) is 28.8. The lowest BCUT2D eigenvalue weighted by Crippen LogP contribution is -2.30. The number of rotatable bonds is 9. The number of esters is 2. The number of anilines is 1. The molecule has 0 saturated carbocycles. The van der Waals surface area contributed by atoms with Gasteiger partial charge in [0, 0.05) is 16.5 Å². The zero-order valence-electron chi connectivity index (χ0n) is 22.4. The van der Waals surface area contributed by atoms with Crippen molar-refractivity contribution in [3.8, 4) is 22.5 Å². The minimum Gasteiger partial charge on any atom is -0.466 e. The quantitative estimate of drug-likeness (QED) is 0.225. The normalized spacial score (nSPS) is 11.6. The molecule has 0 aliphatic rings. The van der Waals surface area contributed by atoms with Crippen LogP contribution in [0.3, 0.4) is 0 Å². The second-order valence-electron chi connectivity index (χ2n) is 9.02. The summed E-state index contributed by atoms with van der Waals surface area (Å²) in [6.07, 6.45) is -1.09. The molecule has 0 spiro atoms. The molecule has 3 aromatic carbocycles. The van der Waals surface area contributed by atoms with E-state index in [-0.39, 0.29) is 18.6 Å². The van der Waals surface area contributed by atoms with Gasteiger partial charge in [0.2, 0.25) is 0 Å². The summed E-state index contributed by atoms with van der Waals surface area (Å²) in [4.78, 5) is 51.3. The van der Waals surface area contributed by atoms with E-state index in [2.05, 4.69) is 10.3 Å². The Morgan fingerprint density at radius 3 is 2.12 bits per heavy atom. The highest BCUT2D eigenvalue weighted by Gasteiger charge is 2.21. The second kappa shape index (κ2) is 12.5. The molecule has 5 aromatic rings. The lowest BCUT2D eigenvalue weighted by atomic mass is 10.0. The first kappa shape index (κ1) is 27.6. The van der Waals surface area contributed by atoms with Crippen LogP contribution < -0.4 is 5.32 Å². The summed E-state index contributed by atoms with van der Waals surface area (Å²) in [7, 11) is 0. The van der Waals surface area contributed by atoms with Gasteiger partial charge in [-0.25, -0.2) is 19.7 Å². The Kier molecular flexibility index (Phi) is 8.40. The smallest absolute Gasteiger partial charge is 0.338 e. The van der Waals surface area contributed by atoms with Crippen molar-refractivity contribution in [2.45, 2.75) is 26.4 Å². The van der Waals surface area contributed by atoms with Gasteiger partial charge in [-0.2, -0.15) is 0 Å². The van der Waals surface area contributed by atoms with Crippen LogP contribution in [0.5, 0.6) is 0 Å². The van der Waals surface area contributed by atoms with E-state index in [1.807, 2.05) is 60.7 Å². The van der Waals surface area contributed by atoms with E-state index in [1.165, 1.54) is 6.92 Å². The highest BCUT2D eigenvalue weighted by Crippen LogP contribution is 2.31. The number of benzene rings is 3. The SMILES string of the molecule is CCOC(=O)Cc1csc(NC(=O)C(C)OC(=O)c2ccc3nc(-c4ccccc4)c(-c4ccccc4)nc3c2)n1. The maximum absolute atomic E-state index is 13.0. The Morgan fingerprint density at radius 1 is 0.854 bits per heavy atom. The van der Waals surface area contributed by atoms with Gasteiger partial charge in [0.1, 0.15) is 0 Å². The molecule has 1 atom stereocenters. The topological polar surface area (TPSA) is 120 Å². The molecular formula is C31H26N4O5S. The third-order valence-corrected chi connectivity index (χ3v) is 6.87. The minimum absolute atomic E-state index is 0.00837. The van der Waals surface area contributed by atoms with Crippen LogP contribution in [0.15, 0.2) is 84.2 Å². The fraction of sp³-hybridized carbons (Fsp3) is 0.161. The number of amides is 1. The summed E-state index contributed by atoms with van der Waals surface area (Å²) in [5, 5.41) is 4.57. The number of nitrogens with one attached hydrogen (secondary N) is 1. The van der Waals surface area contributed by atoms with Gasteiger partial charge >= 0.3 is 11.9 Å². The van der Waals surface area contributed by atoms with Crippen molar-refractivity contribution in [2.75, 3.05) is 11.9 Å². The summed E-state index contributed by atoms with van der Waals surface area (Å²) in [5.41, 5.74) is 5.11. The molecule has 2 heterocycles. The van der Waals surface area contributed by atoms with Crippen LogP contribution in [0, 0.1) is 0 Å². The number of nitrogens with zero attached hydrogens (tertiary/aromatic N) is 3. The van der Waals surface area contributed by atoms with Crippen LogP contribution in [-0.4, -0.2) is 45.5 Å². The number of hydrogen-bond donors (Lipinski definition) is 1. The number of ether oxygens (including phenoxy) is 2. The van der Waals surface area contributed by atoms with Gasteiger partial charge in [-0.05, 0) is 32.0 Å². The van der Waals surface area contributed by atoms with Crippen molar-refractivity contribution in [1.29, 1.82) is 0 Å². The maximum atomic E-state index is 13.0. The van der Waals surface area contributed by atoms with E-state index in [1.54, 1.807) is 30.5 Å². The number of carbonyl (C=O) groups is 3. The maximum Gasteiger partial charge on any atom is 0.338 e. The Bertz CT molecular complexity index is 1710. The molecule has 0 radical (unpaired) electrons. The molecule has 1 unspecified atom stereocenters. The van der Waals surface area contributed by atoms with Gasteiger partial charge < -0.3 is 9.47 Å². The summed E-state index contributed by atoms with van der Waals surface area (Å²) >= 11 is 1.16. The molecule has 5 rings (SSSR count). The first-order chi connectivity index (χ1) is 19.9. The van der Waals surface area contributed by atoms with Crippen LogP contribution in [0.1, 0.15) is 29.9 Å². The van der Waals surface area contributed by atoms with Gasteiger partial charge in [0.05, 0.1) is 46.7 Å². The fourth-order valence-electron chi connectivity index (χ4n) is 4.07. The highest BCUT2D eigenvalue weighted by atomic mass is 32.1. The van der Waals surface area contributed by atoms with E-state index in [0.29, 0.717) is 27.6 Å².